The molecule has 0 saturated carbocycles. The molecule has 2 aromatic carbocycles. The van der Waals surface area contributed by atoms with Gasteiger partial charge in [0.2, 0.25) is 10.0 Å². The van der Waals surface area contributed by atoms with Crippen LogP contribution >= 0.6 is 0 Å². The third kappa shape index (κ3) is 6.89. The van der Waals surface area contributed by atoms with E-state index in [9.17, 15) is 22.8 Å². The van der Waals surface area contributed by atoms with Crippen LogP contribution in [0.2, 0.25) is 0 Å². The Morgan fingerprint density at radius 2 is 1.56 bits per heavy atom. The summed E-state index contributed by atoms with van der Waals surface area (Å²) in [5.41, 5.74) is 0.928. The van der Waals surface area contributed by atoms with E-state index in [2.05, 4.69) is 10.0 Å². The van der Waals surface area contributed by atoms with E-state index in [4.69, 9.17) is 4.74 Å². The van der Waals surface area contributed by atoms with Crippen molar-refractivity contribution >= 4 is 33.5 Å². The van der Waals surface area contributed by atoms with Crippen LogP contribution in [0.3, 0.4) is 0 Å². The average Bonchev–Trinajstić information content (AvgIpc) is 2.79. The highest BCUT2D eigenvalue weighted by Crippen LogP contribution is 2.12. The van der Waals surface area contributed by atoms with Crippen molar-refractivity contribution in [2.24, 2.45) is 0 Å². The first-order chi connectivity index (χ1) is 15.2. The van der Waals surface area contributed by atoms with Gasteiger partial charge in [-0.15, -0.1) is 0 Å². The molecule has 2 N–H and O–H groups in total. The Morgan fingerprint density at radius 1 is 0.969 bits per heavy atom. The molecule has 1 unspecified atom stereocenters. The molecule has 172 valence electrons. The Balaban J connectivity index is 1.86. The number of hydrogen-bond acceptors (Lipinski definition) is 6. The number of amides is 2. The number of sulfonamides is 1. The van der Waals surface area contributed by atoms with Gasteiger partial charge in [-0.1, -0.05) is 18.2 Å². The maximum Gasteiger partial charge on any atom is 0.324 e. The van der Waals surface area contributed by atoms with Crippen molar-refractivity contribution in [1.82, 2.24) is 9.62 Å². The number of hydrogen-bond donors (Lipinski definition) is 2. The van der Waals surface area contributed by atoms with Gasteiger partial charge >= 0.3 is 5.97 Å². The van der Waals surface area contributed by atoms with Crippen LogP contribution in [-0.4, -0.2) is 56.8 Å². The third-order valence-electron chi connectivity index (χ3n) is 4.55. The van der Waals surface area contributed by atoms with Crippen LogP contribution in [0.5, 0.6) is 0 Å². The Hall–Kier alpha value is -3.24. The van der Waals surface area contributed by atoms with Crippen molar-refractivity contribution in [2.45, 2.75) is 31.7 Å². The summed E-state index contributed by atoms with van der Waals surface area (Å²) in [5.74, 6) is -1.59. The minimum Gasteiger partial charge on any atom is -0.454 e. The first kappa shape index (κ1) is 25.0. The van der Waals surface area contributed by atoms with Gasteiger partial charge in [-0.2, -0.15) is 4.72 Å². The Bertz CT molecular complexity index is 1040. The van der Waals surface area contributed by atoms with E-state index in [1.54, 1.807) is 47.4 Å². The zero-order valence-corrected chi connectivity index (χ0v) is 19.0. The van der Waals surface area contributed by atoms with Gasteiger partial charge in [0.15, 0.2) is 6.61 Å². The van der Waals surface area contributed by atoms with Gasteiger partial charge in [0.1, 0.15) is 6.04 Å². The molecule has 0 aromatic heterocycles. The lowest BCUT2D eigenvalue weighted by Crippen LogP contribution is -2.40. The topological polar surface area (TPSA) is 122 Å². The molecule has 0 aliphatic rings. The molecule has 2 rings (SSSR count). The van der Waals surface area contributed by atoms with E-state index < -0.39 is 34.5 Å². The van der Waals surface area contributed by atoms with Crippen molar-refractivity contribution < 1.29 is 27.5 Å². The van der Waals surface area contributed by atoms with Crippen LogP contribution in [0.1, 0.15) is 31.1 Å². The normalized spacial score (nSPS) is 12.0. The van der Waals surface area contributed by atoms with E-state index >= 15 is 0 Å². The van der Waals surface area contributed by atoms with E-state index in [0.717, 1.165) is 0 Å². The molecule has 0 radical (unpaired) electrons. The van der Waals surface area contributed by atoms with Crippen molar-refractivity contribution in [3.05, 3.63) is 60.2 Å². The zero-order chi connectivity index (χ0) is 23.7. The second-order valence-corrected chi connectivity index (χ2v) is 8.58. The molecule has 0 spiro atoms. The summed E-state index contributed by atoms with van der Waals surface area (Å²) >= 11 is 0. The molecular weight excluding hydrogens is 434 g/mol. The number of carbonyl (C=O) groups is 3. The maximum absolute atomic E-state index is 12.3. The summed E-state index contributed by atoms with van der Waals surface area (Å²) < 4.78 is 31.6. The van der Waals surface area contributed by atoms with Crippen LogP contribution in [0.15, 0.2) is 59.5 Å². The van der Waals surface area contributed by atoms with Gasteiger partial charge in [0.25, 0.3) is 11.8 Å². The van der Waals surface area contributed by atoms with Crippen molar-refractivity contribution in [3.8, 4) is 0 Å². The minimum atomic E-state index is -3.90. The van der Waals surface area contributed by atoms with Crippen LogP contribution in [-0.2, 0) is 24.3 Å². The number of rotatable bonds is 10. The summed E-state index contributed by atoms with van der Waals surface area (Å²) in [4.78, 5) is 38.1. The van der Waals surface area contributed by atoms with Crippen molar-refractivity contribution in [3.63, 3.8) is 0 Å². The second kappa shape index (κ2) is 11.4. The molecule has 0 bridgehead atoms. The minimum absolute atomic E-state index is 0.0142. The highest BCUT2D eigenvalue weighted by atomic mass is 32.2. The molecule has 2 amide bonds. The standard InChI is InChI=1S/C22H27N3O6S/c1-4-25(5-2)21(27)17-11-13-18(14-12-17)23-20(26)15-31-22(28)16(3)24-32(29,30)19-9-7-6-8-10-19/h6-14,16,24H,4-5,15H2,1-3H3,(H,23,26). The number of anilines is 1. The third-order valence-corrected chi connectivity index (χ3v) is 6.11. The van der Waals surface area contributed by atoms with Gasteiger partial charge < -0.3 is 15.0 Å². The van der Waals surface area contributed by atoms with Gasteiger partial charge in [0.05, 0.1) is 4.90 Å². The van der Waals surface area contributed by atoms with E-state index in [1.165, 1.54) is 19.1 Å². The lowest BCUT2D eigenvalue weighted by Gasteiger charge is -2.18. The molecule has 0 aliphatic heterocycles. The number of nitrogens with one attached hydrogen (secondary N) is 2. The fourth-order valence-electron chi connectivity index (χ4n) is 2.80. The molecule has 9 nitrogen and oxygen atoms in total. The smallest absolute Gasteiger partial charge is 0.324 e. The van der Waals surface area contributed by atoms with Crippen molar-refractivity contribution in [2.75, 3.05) is 25.0 Å². The largest absolute Gasteiger partial charge is 0.454 e. The van der Waals surface area contributed by atoms with E-state index in [-0.39, 0.29) is 10.8 Å². The number of esters is 1. The highest BCUT2D eigenvalue weighted by molar-refractivity contribution is 7.89. The summed E-state index contributed by atoms with van der Waals surface area (Å²) in [5, 5.41) is 2.55. The van der Waals surface area contributed by atoms with Crippen LogP contribution < -0.4 is 10.0 Å². The predicted molar refractivity (Wildman–Crippen MR) is 120 cm³/mol. The molecule has 0 heterocycles. The van der Waals surface area contributed by atoms with Crippen LogP contribution in [0, 0.1) is 0 Å². The number of ether oxygens (including phenoxy) is 1. The van der Waals surface area contributed by atoms with Crippen molar-refractivity contribution in [1.29, 1.82) is 0 Å². The average molecular weight is 462 g/mol. The first-order valence-corrected chi connectivity index (χ1v) is 11.6. The zero-order valence-electron chi connectivity index (χ0n) is 18.2. The van der Waals surface area contributed by atoms with Crippen LogP contribution in [0.25, 0.3) is 0 Å². The Kier molecular flexibility index (Phi) is 8.91. The van der Waals surface area contributed by atoms with E-state index in [0.29, 0.717) is 24.3 Å². The first-order valence-electron chi connectivity index (χ1n) is 10.1. The summed E-state index contributed by atoms with van der Waals surface area (Å²) in [7, 11) is -3.90. The molecule has 0 saturated heterocycles. The monoisotopic (exact) mass is 461 g/mol. The molecule has 0 aliphatic carbocycles. The van der Waals surface area contributed by atoms with Gasteiger partial charge in [0, 0.05) is 24.3 Å². The lowest BCUT2D eigenvalue weighted by atomic mass is 10.2. The molecule has 0 fully saturated rings. The number of benzene rings is 2. The molecule has 2 aromatic rings. The lowest BCUT2D eigenvalue weighted by molar-refractivity contribution is -0.148. The van der Waals surface area contributed by atoms with Gasteiger partial charge in [-0.3, -0.25) is 14.4 Å². The molecule has 10 heteroatoms. The molecule has 1 atom stereocenters. The highest BCUT2D eigenvalue weighted by Gasteiger charge is 2.23. The van der Waals surface area contributed by atoms with E-state index in [1.807, 2.05) is 13.8 Å². The molecular formula is C22H27N3O6S. The maximum atomic E-state index is 12.3. The fraction of sp³-hybridized carbons (Fsp3) is 0.318. The Morgan fingerprint density at radius 3 is 2.12 bits per heavy atom. The quantitative estimate of drug-likeness (QED) is 0.522. The molecule has 32 heavy (non-hydrogen) atoms. The summed E-state index contributed by atoms with van der Waals surface area (Å²) in [6.45, 7) is 5.72. The SMILES string of the molecule is CCN(CC)C(=O)c1ccc(NC(=O)COC(=O)C(C)NS(=O)(=O)c2ccccc2)cc1. The number of nitrogens with zero attached hydrogens (tertiary/aromatic N) is 1. The summed E-state index contributed by atoms with van der Waals surface area (Å²) in [6, 6.07) is 12.8. The number of carbonyl (C=O) groups excluding carboxylic acids is 3. The summed E-state index contributed by atoms with van der Waals surface area (Å²) in [6.07, 6.45) is 0. The van der Waals surface area contributed by atoms with Crippen LogP contribution in [0.4, 0.5) is 5.69 Å². The second-order valence-electron chi connectivity index (χ2n) is 6.87. The Labute approximate surface area is 187 Å². The van der Waals surface area contributed by atoms with Gasteiger partial charge in [-0.25, -0.2) is 8.42 Å². The van der Waals surface area contributed by atoms with Gasteiger partial charge in [-0.05, 0) is 57.2 Å². The predicted octanol–water partition coefficient (Wildman–Crippen LogP) is 2.02. The fourth-order valence-corrected chi connectivity index (χ4v) is 4.01.